The van der Waals surface area contributed by atoms with Gasteiger partial charge in [0.1, 0.15) is 0 Å². The van der Waals surface area contributed by atoms with Crippen molar-refractivity contribution < 1.29 is 0 Å². The summed E-state index contributed by atoms with van der Waals surface area (Å²) < 4.78 is 1.79. The van der Waals surface area contributed by atoms with Crippen LogP contribution in [0.2, 0.25) is 0 Å². The van der Waals surface area contributed by atoms with Crippen LogP contribution in [0.3, 0.4) is 0 Å². The van der Waals surface area contributed by atoms with E-state index in [1.807, 2.05) is 6.07 Å². The number of benzene rings is 1. The molecule has 1 fully saturated rings. The van der Waals surface area contributed by atoms with Crippen molar-refractivity contribution in [3.63, 3.8) is 0 Å². The molecule has 1 aromatic carbocycles. The first-order chi connectivity index (χ1) is 14.2. The Balaban J connectivity index is 1.83. The molecule has 2 heterocycles. The van der Waals surface area contributed by atoms with Crippen LogP contribution in [-0.4, -0.2) is 34.8 Å². The van der Waals surface area contributed by atoms with Crippen LogP contribution in [0.1, 0.15) is 43.4 Å². The van der Waals surface area contributed by atoms with Crippen molar-refractivity contribution in [3.8, 4) is 5.69 Å². The first-order valence-electron chi connectivity index (χ1n) is 10.4. The highest BCUT2D eigenvalue weighted by Crippen LogP contribution is 2.34. The Morgan fingerprint density at radius 2 is 1.93 bits per heavy atom. The van der Waals surface area contributed by atoms with Gasteiger partial charge >= 0.3 is 0 Å². The maximum Gasteiger partial charge on any atom is 0.209 e. The zero-order chi connectivity index (χ0) is 20.2. The molecule has 1 aromatic heterocycles. The van der Waals surface area contributed by atoms with Crippen molar-refractivity contribution in [2.24, 2.45) is 0 Å². The van der Waals surface area contributed by atoms with Gasteiger partial charge in [-0.15, -0.1) is 0 Å². The second-order valence-electron chi connectivity index (χ2n) is 7.57. The molecule has 1 N–H and O–H groups in total. The molecule has 0 saturated carbocycles. The van der Waals surface area contributed by atoms with Crippen LogP contribution in [0.15, 0.2) is 65.8 Å². The van der Waals surface area contributed by atoms with Gasteiger partial charge in [-0.3, -0.25) is 4.79 Å². The third-order valence-corrected chi connectivity index (χ3v) is 5.72. The fourth-order valence-electron chi connectivity index (χ4n) is 4.16. The topological polar surface area (TPSA) is 50.2 Å². The molecule has 0 amide bonds. The SMILES string of the molecule is C=C(NC)c1nn(-c2ccccc2C2=C(N3CCCCC3)CCC=C2)ccc1=O. The Bertz CT molecular complexity index is 1030. The quantitative estimate of drug-likeness (QED) is 0.842. The van der Waals surface area contributed by atoms with E-state index in [-0.39, 0.29) is 5.43 Å². The van der Waals surface area contributed by atoms with E-state index in [2.05, 4.69) is 52.2 Å². The number of likely N-dealkylation sites (tertiary alicyclic amines) is 1. The Labute approximate surface area is 172 Å². The van der Waals surface area contributed by atoms with E-state index in [4.69, 9.17) is 0 Å². The fourth-order valence-corrected chi connectivity index (χ4v) is 4.16. The summed E-state index contributed by atoms with van der Waals surface area (Å²) >= 11 is 0. The van der Waals surface area contributed by atoms with Crippen molar-refractivity contribution in [2.45, 2.75) is 32.1 Å². The molecular weight excluding hydrogens is 360 g/mol. The molecule has 150 valence electrons. The van der Waals surface area contributed by atoms with E-state index in [1.54, 1.807) is 24.0 Å². The molecule has 5 heteroatoms. The zero-order valence-electron chi connectivity index (χ0n) is 17.0. The smallest absolute Gasteiger partial charge is 0.209 e. The van der Waals surface area contributed by atoms with Crippen molar-refractivity contribution >= 4 is 11.3 Å². The van der Waals surface area contributed by atoms with Gasteiger partial charge in [-0.05, 0) is 38.2 Å². The summed E-state index contributed by atoms with van der Waals surface area (Å²) in [6.07, 6.45) is 12.2. The number of para-hydroxylation sites is 1. The molecule has 4 rings (SSSR count). The third kappa shape index (κ3) is 3.90. The maximum atomic E-state index is 12.2. The van der Waals surface area contributed by atoms with Gasteiger partial charge in [0.05, 0.1) is 11.4 Å². The lowest BCUT2D eigenvalue weighted by molar-refractivity contribution is 0.278. The monoisotopic (exact) mass is 388 g/mol. The summed E-state index contributed by atoms with van der Waals surface area (Å²) in [7, 11) is 1.75. The largest absolute Gasteiger partial charge is 0.387 e. The predicted molar refractivity (Wildman–Crippen MR) is 119 cm³/mol. The molecular formula is C24H28N4O. The number of piperidine rings is 1. The normalized spacial score (nSPS) is 16.8. The molecule has 1 aliphatic heterocycles. The minimum Gasteiger partial charge on any atom is -0.387 e. The molecule has 2 aromatic rings. The van der Waals surface area contributed by atoms with E-state index in [0.717, 1.165) is 37.2 Å². The molecule has 0 unspecified atom stereocenters. The number of allylic oxidation sites excluding steroid dienone is 4. The highest BCUT2D eigenvalue weighted by atomic mass is 16.1. The average molecular weight is 389 g/mol. The Morgan fingerprint density at radius 3 is 2.72 bits per heavy atom. The van der Waals surface area contributed by atoms with E-state index in [9.17, 15) is 4.79 Å². The average Bonchev–Trinajstić information content (AvgIpc) is 2.79. The Hall–Kier alpha value is -3.08. The minimum absolute atomic E-state index is 0.135. The van der Waals surface area contributed by atoms with Crippen molar-refractivity contribution in [1.82, 2.24) is 20.0 Å². The number of rotatable bonds is 5. The van der Waals surface area contributed by atoms with Crippen molar-refractivity contribution in [3.05, 3.63) is 82.4 Å². The summed E-state index contributed by atoms with van der Waals surface area (Å²) in [5.74, 6) is 0. The van der Waals surface area contributed by atoms with Crippen LogP contribution in [0.4, 0.5) is 0 Å². The molecule has 1 aliphatic carbocycles. The fraction of sp³-hybridized carbons (Fsp3) is 0.333. The molecule has 0 spiro atoms. The number of aromatic nitrogens is 2. The minimum atomic E-state index is -0.135. The van der Waals surface area contributed by atoms with Crippen LogP contribution in [0.5, 0.6) is 0 Å². The first-order valence-corrected chi connectivity index (χ1v) is 10.4. The van der Waals surface area contributed by atoms with E-state index >= 15 is 0 Å². The van der Waals surface area contributed by atoms with Crippen LogP contribution in [0.25, 0.3) is 17.0 Å². The van der Waals surface area contributed by atoms with Gasteiger partial charge < -0.3 is 10.2 Å². The highest BCUT2D eigenvalue weighted by molar-refractivity contribution is 5.82. The molecule has 0 radical (unpaired) electrons. The third-order valence-electron chi connectivity index (χ3n) is 5.72. The van der Waals surface area contributed by atoms with Gasteiger partial charge in [-0.1, -0.05) is 36.9 Å². The van der Waals surface area contributed by atoms with Crippen molar-refractivity contribution in [1.29, 1.82) is 0 Å². The molecule has 2 aliphatic rings. The van der Waals surface area contributed by atoms with Gasteiger partial charge in [-0.2, -0.15) is 5.10 Å². The number of nitrogens with zero attached hydrogens (tertiary/aromatic N) is 3. The van der Waals surface area contributed by atoms with E-state index in [0.29, 0.717) is 11.4 Å². The number of nitrogens with one attached hydrogen (secondary N) is 1. The second kappa shape index (κ2) is 8.52. The van der Waals surface area contributed by atoms with Gasteiger partial charge in [0.15, 0.2) is 5.69 Å². The number of hydrogen-bond donors (Lipinski definition) is 1. The number of hydrogen-bond acceptors (Lipinski definition) is 4. The molecule has 29 heavy (non-hydrogen) atoms. The first kappa shape index (κ1) is 19.2. The van der Waals surface area contributed by atoms with Gasteiger partial charge in [-0.25, -0.2) is 4.68 Å². The Kier molecular flexibility index (Phi) is 5.65. The predicted octanol–water partition coefficient (Wildman–Crippen LogP) is 3.97. The van der Waals surface area contributed by atoms with Gasteiger partial charge in [0, 0.05) is 49.2 Å². The van der Waals surface area contributed by atoms with Crippen LogP contribution in [-0.2, 0) is 0 Å². The second-order valence-corrected chi connectivity index (χ2v) is 7.57. The van der Waals surface area contributed by atoms with E-state index < -0.39 is 0 Å². The van der Waals surface area contributed by atoms with Gasteiger partial charge in [0.25, 0.3) is 0 Å². The van der Waals surface area contributed by atoms with Gasteiger partial charge in [0.2, 0.25) is 5.43 Å². The van der Waals surface area contributed by atoms with E-state index in [1.165, 1.54) is 30.5 Å². The van der Waals surface area contributed by atoms with Crippen LogP contribution < -0.4 is 10.7 Å². The zero-order valence-corrected chi connectivity index (χ0v) is 17.0. The lowest BCUT2D eigenvalue weighted by Crippen LogP contribution is -2.30. The van der Waals surface area contributed by atoms with Crippen LogP contribution >= 0.6 is 0 Å². The Morgan fingerprint density at radius 1 is 1.14 bits per heavy atom. The summed E-state index contributed by atoms with van der Waals surface area (Å²) in [5.41, 5.74) is 5.53. The lowest BCUT2D eigenvalue weighted by Gasteiger charge is -2.34. The van der Waals surface area contributed by atoms with Crippen molar-refractivity contribution in [2.75, 3.05) is 20.1 Å². The summed E-state index contributed by atoms with van der Waals surface area (Å²) in [4.78, 5) is 14.8. The maximum absolute atomic E-state index is 12.2. The van der Waals surface area contributed by atoms with Crippen LogP contribution in [0, 0.1) is 0 Å². The summed E-state index contributed by atoms with van der Waals surface area (Å²) in [6.45, 7) is 6.18. The standard InChI is InChI=1S/C24H28N4O/c1-18(25-2)24-23(29)14-17-28(26-24)22-13-7-5-11-20(22)19-10-4-6-12-21(19)27-15-8-3-9-16-27/h4-5,7,10-11,13-14,17,25H,1,3,6,8-9,12,15-16H2,2H3. The summed E-state index contributed by atoms with van der Waals surface area (Å²) in [5, 5.41) is 7.52. The highest BCUT2D eigenvalue weighted by Gasteiger charge is 2.21. The molecule has 1 saturated heterocycles. The lowest BCUT2D eigenvalue weighted by atomic mass is 9.93. The molecule has 0 bridgehead atoms. The molecule has 0 atom stereocenters. The summed E-state index contributed by atoms with van der Waals surface area (Å²) in [6, 6.07) is 9.84. The molecule has 5 nitrogen and oxygen atoms in total.